The Morgan fingerprint density at radius 2 is 1.72 bits per heavy atom. The first-order chi connectivity index (χ1) is 17.4. The summed E-state index contributed by atoms with van der Waals surface area (Å²) in [5, 5.41) is 24.7. The third kappa shape index (κ3) is 5.29. The highest BCUT2D eigenvalue weighted by Gasteiger charge is 2.18. The van der Waals surface area contributed by atoms with Gasteiger partial charge in [-0.3, -0.25) is 14.9 Å². The molecule has 0 radical (unpaired) electrons. The molecule has 0 aliphatic rings. The minimum atomic E-state index is -0.797. The molecule has 0 aliphatic heterocycles. The van der Waals surface area contributed by atoms with Crippen molar-refractivity contribution in [2.75, 3.05) is 5.32 Å². The van der Waals surface area contributed by atoms with Crippen molar-refractivity contribution in [3.8, 4) is 11.8 Å². The van der Waals surface area contributed by atoms with Crippen LogP contribution < -0.4 is 10.1 Å². The summed E-state index contributed by atoms with van der Waals surface area (Å²) in [5.41, 5.74) is 0.317. The van der Waals surface area contributed by atoms with Gasteiger partial charge in [0.2, 0.25) is 0 Å². The molecule has 8 nitrogen and oxygen atoms in total. The molecular formula is C27H16BrN3O5. The minimum Gasteiger partial charge on any atom is -0.422 e. The maximum atomic E-state index is 12.8. The second-order valence-corrected chi connectivity index (χ2v) is 8.36. The van der Waals surface area contributed by atoms with Gasteiger partial charge in [0.05, 0.1) is 15.0 Å². The third-order valence-corrected chi connectivity index (χ3v) is 5.81. The van der Waals surface area contributed by atoms with Gasteiger partial charge in [-0.25, -0.2) is 4.79 Å². The van der Waals surface area contributed by atoms with E-state index in [9.17, 15) is 25.0 Å². The van der Waals surface area contributed by atoms with Gasteiger partial charge in [0.15, 0.2) is 0 Å². The number of para-hydroxylation sites is 2. The van der Waals surface area contributed by atoms with Crippen molar-refractivity contribution in [2.45, 2.75) is 0 Å². The molecule has 1 N–H and O–H groups in total. The van der Waals surface area contributed by atoms with Crippen molar-refractivity contribution in [3.05, 3.63) is 116 Å². The van der Waals surface area contributed by atoms with Crippen LogP contribution in [0.4, 0.5) is 11.4 Å². The Morgan fingerprint density at radius 1 is 1.00 bits per heavy atom. The zero-order valence-corrected chi connectivity index (χ0v) is 20.1. The Labute approximate surface area is 213 Å². The molecule has 0 saturated heterocycles. The number of nitro groups is 1. The summed E-state index contributed by atoms with van der Waals surface area (Å²) in [5.74, 6) is -1.07. The number of carbonyl (C=O) groups excluding carboxylic acids is 2. The van der Waals surface area contributed by atoms with Crippen molar-refractivity contribution >= 4 is 56.0 Å². The van der Waals surface area contributed by atoms with Gasteiger partial charge >= 0.3 is 5.97 Å². The van der Waals surface area contributed by atoms with E-state index in [1.807, 2.05) is 30.3 Å². The highest BCUT2D eigenvalue weighted by Crippen LogP contribution is 2.29. The Kier molecular flexibility index (Phi) is 7.18. The molecule has 0 heterocycles. The molecule has 4 aromatic rings. The highest BCUT2D eigenvalue weighted by molar-refractivity contribution is 9.10. The second-order valence-electron chi connectivity index (χ2n) is 7.50. The number of anilines is 1. The van der Waals surface area contributed by atoms with E-state index in [4.69, 9.17) is 4.74 Å². The topological polar surface area (TPSA) is 122 Å². The number of halogens is 1. The first kappa shape index (κ1) is 24.3. The van der Waals surface area contributed by atoms with Crippen LogP contribution in [0, 0.1) is 21.4 Å². The average Bonchev–Trinajstić information content (AvgIpc) is 2.88. The Bertz CT molecular complexity index is 1580. The van der Waals surface area contributed by atoms with Gasteiger partial charge < -0.3 is 10.1 Å². The predicted molar refractivity (Wildman–Crippen MR) is 138 cm³/mol. The maximum absolute atomic E-state index is 12.8. The number of esters is 1. The SMILES string of the molecule is N#CC(=Cc1ccc(OC(=O)c2cccc3ccccc23)c(Br)c1)C(=O)Nc1ccccc1[N+](=O)[O-]. The minimum absolute atomic E-state index is 0.0227. The number of fused-ring (bicyclic) bond motifs is 1. The van der Waals surface area contributed by atoms with Crippen molar-refractivity contribution in [3.63, 3.8) is 0 Å². The fourth-order valence-electron chi connectivity index (χ4n) is 3.49. The van der Waals surface area contributed by atoms with Crippen LogP contribution in [0.5, 0.6) is 5.75 Å². The molecule has 0 bridgehead atoms. The Morgan fingerprint density at radius 3 is 2.47 bits per heavy atom. The fraction of sp³-hybridized carbons (Fsp3) is 0. The van der Waals surface area contributed by atoms with E-state index in [0.717, 1.165) is 10.8 Å². The summed E-state index contributed by atoms with van der Waals surface area (Å²) >= 11 is 3.36. The number of hydrogen-bond acceptors (Lipinski definition) is 6. The van der Waals surface area contributed by atoms with E-state index in [0.29, 0.717) is 15.6 Å². The normalized spacial score (nSPS) is 10.9. The van der Waals surface area contributed by atoms with Gasteiger partial charge in [-0.2, -0.15) is 5.26 Å². The molecule has 1 amide bonds. The molecule has 4 rings (SSSR count). The van der Waals surface area contributed by atoms with Crippen molar-refractivity contribution in [2.24, 2.45) is 0 Å². The van der Waals surface area contributed by atoms with Crippen LogP contribution in [0.25, 0.3) is 16.8 Å². The molecule has 0 fully saturated rings. The number of nitrogens with zero attached hydrogens (tertiary/aromatic N) is 2. The van der Waals surface area contributed by atoms with E-state index >= 15 is 0 Å². The number of nitriles is 1. The molecule has 0 aliphatic carbocycles. The van der Waals surface area contributed by atoms with Crippen LogP contribution in [0.2, 0.25) is 0 Å². The summed E-state index contributed by atoms with van der Waals surface area (Å²) in [6, 6.07) is 25.0. The molecule has 4 aromatic carbocycles. The first-order valence-electron chi connectivity index (χ1n) is 10.5. The number of hydrogen-bond donors (Lipinski definition) is 1. The highest BCUT2D eigenvalue weighted by atomic mass is 79.9. The molecular weight excluding hydrogens is 526 g/mol. The smallest absolute Gasteiger partial charge is 0.344 e. The first-order valence-corrected chi connectivity index (χ1v) is 11.3. The van der Waals surface area contributed by atoms with Crippen LogP contribution in [-0.2, 0) is 4.79 Å². The number of benzene rings is 4. The molecule has 9 heteroatoms. The lowest BCUT2D eigenvalue weighted by atomic mass is 10.0. The van der Waals surface area contributed by atoms with E-state index in [1.165, 1.54) is 36.4 Å². The molecule has 0 aromatic heterocycles. The predicted octanol–water partition coefficient (Wildman–Crippen LogP) is 6.28. The summed E-state index contributed by atoms with van der Waals surface area (Å²) in [6.07, 6.45) is 1.32. The third-order valence-electron chi connectivity index (χ3n) is 5.19. The van der Waals surface area contributed by atoms with Gasteiger partial charge in [0.25, 0.3) is 11.6 Å². The van der Waals surface area contributed by atoms with Crippen LogP contribution >= 0.6 is 15.9 Å². The summed E-state index contributed by atoms with van der Waals surface area (Å²) < 4.78 is 6.00. The molecule has 176 valence electrons. The summed E-state index contributed by atoms with van der Waals surface area (Å²) in [7, 11) is 0. The molecule has 0 atom stereocenters. The maximum Gasteiger partial charge on any atom is 0.344 e. The summed E-state index contributed by atoms with van der Waals surface area (Å²) in [4.78, 5) is 36.0. The van der Waals surface area contributed by atoms with Gasteiger partial charge in [-0.05, 0) is 62.6 Å². The van der Waals surface area contributed by atoms with E-state index in [-0.39, 0.29) is 22.7 Å². The lowest BCUT2D eigenvalue weighted by molar-refractivity contribution is -0.383. The number of amides is 1. The number of rotatable bonds is 6. The molecule has 0 spiro atoms. The zero-order valence-electron chi connectivity index (χ0n) is 18.5. The monoisotopic (exact) mass is 541 g/mol. The van der Waals surface area contributed by atoms with Gasteiger partial charge in [-0.15, -0.1) is 0 Å². The second kappa shape index (κ2) is 10.6. The van der Waals surface area contributed by atoms with E-state index in [2.05, 4.69) is 21.2 Å². The molecule has 0 unspecified atom stereocenters. The average molecular weight is 542 g/mol. The van der Waals surface area contributed by atoms with Crippen molar-refractivity contribution in [1.82, 2.24) is 0 Å². The lowest BCUT2D eigenvalue weighted by Crippen LogP contribution is -2.14. The van der Waals surface area contributed by atoms with E-state index < -0.39 is 16.8 Å². The van der Waals surface area contributed by atoms with Crippen molar-refractivity contribution in [1.29, 1.82) is 5.26 Å². The fourth-order valence-corrected chi connectivity index (χ4v) is 3.97. The largest absolute Gasteiger partial charge is 0.422 e. The number of nitro benzene ring substituents is 1. The van der Waals surface area contributed by atoms with Gasteiger partial charge in [0, 0.05) is 6.07 Å². The van der Waals surface area contributed by atoms with Crippen molar-refractivity contribution < 1.29 is 19.2 Å². The number of nitrogens with one attached hydrogen (secondary N) is 1. The van der Waals surface area contributed by atoms with Gasteiger partial charge in [0.1, 0.15) is 23.1 Å². The summed E-state index contributed by atoms with van der Waals surface area (Å²) in [6.45, 7) is 0. The Hall–Kier alpha value is -4.81. The van der Waals surface area contributed by atoms with Crippen LogP contribution in [0.3, 0.4) is 0 Å². The van der Waals surface area contributed by atoms with Gasteiger partial charge in [-0.1, -0.05) is 54.6 Å². The van der Waals surface area contributed by atoms with E-state index in [1.54, 1.807) is 30.3 Å². The molecule has 36 heavy (non-hydrogen) atoms. The van der Waals surface area contributed by atoms with Crippen LogP contribution in [-0.4, -0.2) is 16.8 Å². The zero-order chi connectivity index (χ0) is 25.7. The van der Waals surface area contributed by atoms with Crippen LogP contribution in [0.1, 0.15) is 15.9 Å². The lowest BCUT2D eigenvalue weighted by Gasteiger charge is -2.09. The van der Waals surface area contributed by atoms with Crippen LogP contribution in [0.15, 0.2) is 95.0 Å². The standard InChI is InChI=1S/C27H16BrN3O5/c28-22-15-17(14-19(16-29)26(32)30-23-10-3-4-11-24(23)31(34)35)12-13-25(22)36-27(33)21-9-5-7-18-6-1-2-8-20(18)21/h1-15H,(H,30,32). The Balaban J connectivity index is 1.54. The molecule has 0 saturated carbocycles. The number of carbonyl (C=O) groups is 2. The number of ether oxygens (including phenoxy) is 1. The quantitative estimate of drug-likeness (QED) is 0.0765.